The summed E-state index contributed by atoms with van der Waals surface area (Å²) in [4.78, 5) is 13.9. The fourth-order valence-corrected chi connectivity index (χ4v) is 3.71. The number of hydrogen-bond donors (Lipinski definition) is 2. The van der Waals surface area contributed by atoms with Gasteiger partial charge in [0.2, 0.25) is 10.0 Å². The average molecular weight is 370 g/mol. The number of carbonyl (C=O) groups excluding carboxylic acids is 1. The lowest BCUT2D eigenvalue weighted by atomic mass is 10.0. The number of nitrogens with one attached hydrogen (secondary N) is 2. The largest absolute Gasteiger partial charge is 0.370 e. The number of sulfonamides is 1. The Morgan fingerprint density at radius 3 is 2.28 bits per heavy atom. The molecule has 0 radical (unpaired) electrons. The van der Waals surface area contributed by atoms with Crippen LogP contribution in [0.2, 0.25) is 0 Å². The van der Waals surface area contributed by atoms with E-state index in [9.17, 15) is 13.2 Å². The Morgan fingerprint density at radius 1 is 1.20 bits per heavy atom. The van der Waals surface area contributed by atoms with Crippen LogP contribution < -0.4 is 10.2 Å². The molecule has 0 aromatic heterocycles. The molecule has 8 heteroatoms. The summed E-state index contributed by atoms with van der Waals surface area (Å²) in [5.74, 6) is -0.200. The molecule has 25 heavy (non-hydrogen) atoms. The number of amides is 1. The van der Waals surface area contributed by atoms with Gasteiger partial charge in [-0.1, -0.05) is 0 Å². The molecule has 1 fully saturated rings. The van der Waals surface area contributed by atoms with Crippen molar-refractivity contribution in [2.75, 3.05) is 46.9 Å². The van der Waals surface area contributed by atoms with Crippen molar-refractivity contribution >= 4 is 15.9 Å². The maximum absolute atomic E-state index is 12.4. The first kappa shape index (κ1) is 19.8. The summed E-state index contributed by atoms with van der Waals surface area (Å²) in [7, 11) is -0.527. The van der Waals surface area contributed by atoms with Gasteiger partial charge in [-0.3, -0.25) is 4.79 Å². The number of carbonyl (C=O) groups is 1. The van der Waals surface area contributed by atoms with E-state index in [1.54, 1.807) is 12.1 Å². The molecule has 0 saturated carbocycles. The molecule has 1 heterocycles. The lowest BCUT2D eigenvalue weighted by Crippen LogP contribution is -3.22. The third-order valence-electron chi connectivity index (χ3n) is 4.64. The Bertz CT molecular complexity index is 693. The van der Waals surface area contributed by atoms with Gasteiger partial charge in [-0.05, 0) is 38.1 Å². The van der Waals surface area contributed by atoms with Gasteiger partial charge < -0.3 is 15.0 Å². The second kappa shape index (κ2) is 7.82. The monoisotopic (exact) mass is 370 g/mol. The van der Waals surface area contributed by atoms with Gasteiger partial charge in [0.1, 0.15) is 18.6 Å². The molecule has 2 rings (SSSR count). The molecular weight excluding hydrogens is 342 g/mol. The Hall–Kier alpha value is -1.48. The second-order valence-electron chi connectivity index (χ2n) is 7.09. The van der Waals surface area contributed by atoms with Crippen LogP contribution in [0.1, 0.15) is 24.2 Å². The quantitative estimate of drug-likeness (QED) is 0.698. The fourth-order valence-electron chi connectivity index (χ4n) is 2.81. The van der Waals surface area contributed by atoms with Crippen molar-refractivity contribution < 1.29 is 22.8 Å². The first-order chi connectivity index (χ1) is 11.6. The van der Waals surface area contributed by atoms with E-state index in [0.29, 0.717) is 12.1 Å². The minimum Gasteiger partial charge on any atom is -0.370 e. The van der Waals surface area contributed by atoms with Crippen LogP contribution >= 0.6 is 0 Å². The van der Waals surface area contributed by atoms with Crippen LogP contribution in [-0.4, -0.2) is 71.1 Å². The van der Waals surface area contributed by atoms with Gasteiger partial charge in [-0.2, -0.15) is 0 Å². The molecule has 0 bridgehead atoms. The van der Waals surface area contributed by atoms with Crippen LogP contribution in [0.15, 0.2) is 29.2 Å². The maximum atomic E-state index is 12.4. The highest BCUT2D eigenvalue weighted by Crippen LogP contribution is 2.14. The van der Waals surface area contributed by atoms with Crippen molar-refractivity contribution in [1.82, 2.24) is 9.62 Å². The van der Waals surface area contributed by atoms with Crippen LogP contribution in [0.4, 0.5) is 0 Å². The molecule has 2 N–H and O–H groups in total. The minimum absolute atomic E-state index is 0.0896. The molecule has 140 valence electrons. The highest BCUT2D eigenvalue weighted by molar-refractivity contribution is 7.89. The zero-order chi connectivity index (χ0) is 18.7. The van der Waals surface area contributed by atoms with E-state index in [1.165, 1.54) is 31.1 Å². The molecule has 1 aromatic rings. The fraction of sp³-hybridized carbons (Fsp3) is 0.588. The summed E-state index contributed by atoms with van der Waals surface area (Å²) in [5, 5.41) is 2.96. The normalized spacial score (nSPS) is 16.8. The molecule has 1 aliphatic rings. The first-order valence-electron chi connectivity index (χ1n) is 8.38. The molecular formula is C17H28N3O4S+. The third kappa shape index (κ3) is 4.78. The number of morpholine rings is 1. The van der Waals surface area contributed by atoms with Crippen LogP contribution in [-0.2, 0) is 14.8 Å². The van der Waals surface area contributed by atoms with Crippen LogP contribution in [0.25, 0.3) is 0 Å². The van der Waals surface area contributed by atoms with Gasteiger partial charge in [-0.15, -0.1) is 0 Å². The molecule has 1 saturated heterocycles. The number of ether oxygens (including phenoxy) is 1. The Morgan fingerprint density at radius 2 is 1.76 bits per heavy atom. The first-order valence-corrected chi connectivity index (χ1v) is 9.82. The van der Waals surface area contributed by atoms with Crippen LogP contribution in [0, 0.1) is 0 Å². The van der Waals surface area contributed by atoms with Crippen LogP contribution in [0.5, 0.6) is 0 Å². The van der Waals surface area contributed by atoms with E-state index in [0.717, 1.165) is 30.6 Å². The van der Waals surface area contributed by atoms with Gasteiger partial charge in [0.25, 0.3) is 5.91 Å². The predicted molar refractivity (Wildman–Crippen MR) is 95.2 cm³/mol. The van der Waals surface area contributed by atoms with Crippen molar-refractivity contribution in [2.45, 2.75) is 24.3 Å². The Labute approximate surface area is 150 Å². The molecule has 0 aliphatic carbocycles. The molecule has 1 amide bonds. The molecule has 7 nitrogen and oxygen atoms in total. The van der Waals surface area contributed by atoms with Crippen molar-refractivity contribution in [3.05, 3.63) is 29.8 Å². The summed E-state index contributed by atoms with van der Waals surface area (Å²) in [6.07, 6.45) is 0. The zero-order valence-corrected chi connectivity index (χ0v) is 16.1. The summed E-state index contributed by atoms with van der Waals surface area (Å²) in [5.41, 5.74) is 0.360. The number of quaternary nitrogens is 1. The van der Waals surface area contributed by atoms with E-state index in [4.69, 9.17) is 4.74 Å². The van der Waals surface area contributed by atoms with E-state index < -0.39 is 10.0 Å². The second-order valence-corrected chi connectivity index (χ2v) is 9.25. The van der Waals surface area contributed by atoms with Crippen molar-refractivity contribution in [3.8, 4) is 0 Å². The van der Waals surface area contributed by atoms with E-state index in [2.05, 4.69) is 19.2 Å². The zero-order valence-electron chi connectivity index (χ0n) is 15.3. The summed E-state index contributed by atoms with van der Waals surface area (Å²) >= 11 is 0. The molecule has 1 aromatic carbocycles. The average Bonchev–Trinajstić information content (AvgIpc) is 2.60. The molecule has 1 aliphatic heterocycles. The Kier molecular flexibility index (Phi) is 6.21. The summed E-state index contributed by atoms with van der Waals surface area (Å²) in [6, 6.07) is 6.01. The SMILES string of the molecule is CN(C)S(=O)(=O)c1ccc(C(=O)NCC(C)(C)[NH+]2CCOCC2)cc1. The number of nitrogens with zero attached hydrogens (tertiary/aromatic N) is 1. The third-order valence-corrected chi connectivity index (χ3v) is 6.47. The molecule has 0 atom stereocenters. The summed E-state index contributed by atoms with van der Waals surface area (Å²) < 4.78 is 30.6. The Balaban J connectivity index is 1.99. The molecule has 0 unspecified atom stereocenters. The standard InChI is InChI=1S/C17H27N3O4S/c1-17(2,20-9-11-24-12-10-20)13-18-16(21)14-5-7-15(8-6-14)25(22,23)19(3)4/h5-8H,9-13H2,1-4H3,(H,18,21)/p+1. The number of hydrogen-bond acceptors (Lipinski definition) is 4. The van der Waals surface area contributed by atoms with Crippen molar-refractivity contribution in [1.29, 1.82) is 0 Å². The number of rotatable bonds is 6. The lowest BCUT2D eigenvalue weighted by molar-refractivity contribution is -0.954. The van der Waals surface area contributed by atoms with Crippen molar-refractivity contribution in [2.24, 2.45) is 0 Å². The van der Waals surface area contributed by atoms with E-state index in [1.807, 2.05) is 0 Å². The van der Waals surface area contributed by atoms with E-state index in [-0.39, 0.29) is 16.3 Å². The lowest BCUT2D eigenvalue weighted by Gasteiger charge is -2.37. The highest BCUT2D eigenvalue weighted by atomic mass is 32.2. The molecule has 0 spiro atoms. The van der Waals surface area contributed by atoms with Gasteiger partial charge in [0.05, 0.1) is 24.7 Å². The van der Waals surface area contributed by atoms with Gasteiger partial charge >= 0.3 is 0 Å². The van der Waals surface area contributed by atoms with Gasteiger partial charge in [0, 0.05) is 19.7 Å². The number of benzene rings is 1. The van der Waals surface area contributed by atoms with Gasteiger partial charge in [-0.25, -0.2) is 12.7 Å². The maximum Gasteiger partial charge on any atom is 0.251 e. The summed E-state index contributed by atoms with van der Waals surface area (Å²) in [6.45, 7) is 8.14. The van der Waals surface area contributed by atoms with Crippen LogP contribution in [0.3, 0.4) is 0 Å². The smallest absolute Gasteiger partial charge is 0.251 e. The predicted octanol–water partition coefficient (Wildman–Crippen LogP) is -0.640. The van der Waals surface area contributed by atoms with Crippen molar-refractivity contribution in [3.63, 3.8) is 0 Å². The topological polar surface area (TPSA) is 80.2 Å². The van der Waals surface area contributed by atoms with Gasteiger partial charge in [0.15, 0.2) is 0 Å². The van der Waals surface area contributed by atoms with E-state index >= 15 is 0 Å². The minimum atomic E-state index is -3.48. The highest BCUT2D eigenvalue weighted by Gasteiger charge is 2.32.